The first-order valence-electron chi connectivity index (χ1n) is 5.24. The Hall–Kier alpha value is -1.87. The first-order valence-corrected chi connectivity index (χ1v) is 6.83. The van der Waals surface area contributed by atoms with Gasteiger partial charge in [-0.2, -0.15) is 5.26 Å². The van der Waals surface area contributed by atoms with Gasteiger partial charge in [-0.25, -0.2) is 9.35 Å². The van der Waals surface area contributed by atoms with E-state index in [0.29, 0.717) is 21.4 Å². The van der Waals surface area contributed by atoms with Gasteiger partial charge in [0, 0.05) is 0 Å². The van der Waals surface area contributed by atoms with E-state index in [9.17, 15) is 4.21 Å². The first kappa shape index (κ1) is 13.6. The van der Waals surface area contributed by atoms with Crippen molar-refractivity contribution in [3.8, 4) is 17.6 Å². The predicted octanol–water partition coefficient (Wildman–Crippen LogP) is 2.99. The fourth-order valence-electron chi connectivity index (χ4n) is 1.47. The lowest BCUT2D eigenvalue weighted by Crippen LogP contribution is -2.01. The maximum atomic E-state index is 11.0. The smallest absolute Gasteiger partial charge is 0.146 e. The summed E-state index contributed by atoms with van der Waals surface area (Å²) in [6.07, 6.45) is 0. The molecule has 1 atom stereocenters. The van der Waals surface area contributed by atoms with Crippen LogP contribution in [0.4, 0.5) is 0 Å². The molecule has 96 valence electrons. The number of nitrogens with two attached hydrogens (primary N) is 1. The minimum Gasteiger partial charge on any atom is -0.456 e. The van der Waals surface area contributed by atoms with Crippen LogP contribution in [0.15, 0.2) is 47.4 Å². The third-order valence-corrected chi connectivity index (χ3v) is 3.42. The van der Waals surface area contributed by atoms with Crippen LogP contribution in [-0.2, 0) is 11.0 Å². The Morgan fingerprint density at radius 3 is 2.47 bits per heavy atom. The van der Waals surface area contributed by atoms with E-state index in [1.54, 1.807) is 42.5 Å². The Kier molecular flexibility index (Phi) is 4.17. The molecule has 2 rings (SSSR count). The summed E-state index contributed by atoms with van der Waals surface area (Å²) in [5, 5.41) is 14.6. The second kappa shape index (κ2) is 5.85. The topological polar surface area (TPSA) is 76.1 Å². The third kappa shape index (κ3) is 3.12. The number of nitrogens with zero attached hydrogens (tertiary/aromatic N) is 1. The number of hydrogen-bond acceptors (Lipinski definition) is 3. The highest BCUT2D eigenvalue weighted by Gasteiger charge is 2.08. The number of ether oxygens (including phenoxy) is 1. The van der Waals surface area contributed by atoms with Crippen LogP contribution in [0.5, 0.6) is 11.5 Å². The molecule has 19 heavy (non-hydrogen) atoms. The standard InChI is InChI=1S/C13H9ClN2O2S/c14-12-2-1-3-13(11(12)8-15)18-9-4-6-10(7-5-9)19(16)17/h1-7H,16H2. The molecule has 2 aromatic rings. The van der Waals surface area contributed by atoms with Crippen molar-refractivity contribution in [1.82, 2.24) is 0 Å². The highest BCUT2D eigenvalue weighted by Crippen LogP contribution is 2.29. The van der Waals surface area contributed by atoms with Crippen molar-refractivity contribution in [2.24, 2.45) is 5.14 Å². The molecule has 2 aromatic carbocycles. The minimum absolute atomic E-state index is 0.274. The van der Waals surface area contributed by atoms with Gasteiger partial charge in [0.25, 0.3) is 0 Å². The highest BCUT2D eigenvalue weighted by atomic mass is 35.5. The first-order chi connectivity index (χ1) is 9.11. The van der Waals surface area contributed by atoms with E-state index in [2.05, 4.69) is 0 Å². The van der Waals surface area contributed by atoms with Crippen LogP contribution in [0.1, 0.15) is 5.56 Å². The zero-order valence-corrected chi connectivity index (χ0v) is 11.2. The zero-order valence-electron chi connectivity index (χ0n) is 9.67. The molecule has 0 aliphatic heterocycles. The van der Waals surface area contributed by atoms with Crippen molar-refractivity contribution in [1.29, 1.82) is 5.26 Å². The highest BCUT2D eigenvalue weighted by molar-refractivity contribution is 7.82. The summed E-state index contributed by atoms with van der Waals surface area (Å²) in [6, 6.07) is 13.4. The summed E-state index contributed by atoms with van der Waals surface area (Å²) >= 11 is 5.90. The summed E-state index contributed by atoms with van der Waals surface area (Å²) < 4.78 is 16.6. The molecule has 0 heterocycles. The number of hydrogen-bond donors (Lipinski definition) is 1. The molecule has 0 aromatic heterocycles. The Labute approximate surface area is 118 Å². The lowest BCUT2D eigenvalue weighted by Gasteiger charge is -2.08. The van der Waals surface area contributed by atoms with Gasteiger partial charge in [-0.3, -0.25) is 0 Å². The average Bonchev–Trinajstić information content (AvgIpc) is 2.39. The van der Waals surface area contributed by atoms with Crippen LogP contribution >= 0.6 is 11.6 Å². The molecule has 0 aliphatic carbocycles. The summed E-state index contributed by atoms with van der Waals surface area (Å²) in [7, 11) is -1.52. The number of nitriles is 1. The van der Waals surface area contributed by atoms with Crippen molar-refractivity contribution in [3.05, 3.63) is 53.1 Å². The fourth-order valence-corrected chi connectivity index (χ4v) is 2.08. The van der Waals surface area contributed by atoms with Crippen LogP contribution in [0.3, 0.4) is 0 Å². The van der Waals surface area contributed by atoms with Gasteiger partial charge in [-0.1, -0.05) is 17.7 Å². The van der Waals surface area contributed by atoms with Crippen LogP contribution in [0.25, 0.3) is 0 Å². The van der Waals surface area contributed by atoms with Gasteiger partial charge < -0.3 is 4.74 Å². The SMILES string of the molecule is N#Cc1c(Cl)cccc1Oc1ccc(S(N)=O)cc1. The van der Waals surface area contributed by atoms with Crippen LogP contribution in [-0.4, -0.2) is 4.21 Å². The fraction of sp³-hybridized carbons (Fsp3) is 0. The van der Waals surface area contributed by atoms with Crippen molar-refractivity contribution in [3.63, 3.8) is 0 Å². The van der Waals surface area contributed by atoms with E-state index in [-0.39, 0.29) is 5.56 Å². The van der Waals surface area contributed by atoms with Crippen LogP contribution in [0.2, 0.25) is 5.02 Å². The molecule has 6 heteroatoms. The van der Waals surface area contributed by atoms with Gasteiger partial charge in [-0.15, -0.1) is 0 Å². The van der Waals surface area contributed by atoms with Crippen molar-refractivity contribution >= 4 is 22.6 Å². The second-order valence-corrected chi connectivity index (χ2v) is 5.07. The van der Waals surface area contributed by atoms with E-state index in [1.807, 2.05) is 6.07 Å². The lowest BCUT2D eigenvalue weighted by molar-refractivity contribution is 0.480. The molecule has 0 fully saturated rings. The van der Waals surface area contributed by atoms with Gasteiger partial charge in [0.2, 0.25) is 0 Å². The molecular weight excluding hydrogens is 284 g/mol. The van der Waals surface area contributed by atoms with Crippen molar-refractivity contribution in [2.75, 3.05) is 0 Å². The van der Waals surface area contributed by atoms with Crippen LogP contribution in [0, 0.1) is 11.3 Å². The Balaban J connectivity index is 2.29. The number of halogens is 1. The summed E-state index contributed by atoms with van der Waals surface area (Å²) in [6.45, 7) is 0. The molecule has 0 bridgehead atoms. The van der Waals surface area contributed by atoms with Gasteiger partial charge in [0.05, 0.1) is 9.92 Å². The predicted molar refractivity (Wildman–Crippen MR) is 73.3 cm³/mol. The largest absolute Gasteiger partial charge is 0.456 e. The van der Waals surface area contributed by atoms with Gasteiger partial charge in [0.15, 0.2) is 0 Å². The van der Waals surface area contributed by atoms with Gasteiger partial charge >= 0.3 is 0 Å². The summed E-state index contributed by atoms with van der Waals surface area (Å²) in [5.41, 5.74) is 0.274. The Bertz CT molecular complexity index is 665. The maximum Gasteiger partial charge on any atom is 0.146 e. The molecule has 0 saturated heterocycles. The van der Waals surface area contributed by atoms with E-state index in [0.717, 1.165) is 0 Å². The quantitative estimate of drug-likeness (QED) is 0.945. The van der Waals surface area contributed by atoms with Crippen LogP contribution < -0.4 is 9.88 Å². The zero-order chi connectivity index (χ0) is 13.8. The average molecular weight is 293 g/mol. The van der Waals surface area contributed by atoms with E-state index >= 15 is 0 Å². The van der Waals surface area contributed by atoms with E-state index < -0.39 is 11.0 Å². The molecule has 1 unspecified atom stereocenters. The molecule has 0 radical (unpaired) electrons. The summed E-state index contributed by atoms with van der Waals surface area (Å²) in [5.74, 6) is 0.879. The molecule has 2 N–H and O–H groups in total. The second-order valence-electron chi connectivity index (χ2n) is 3.60. The lowest BCUT2D eigenvalue weighted by atomic mass is 10.2. The molecular formula is C13H9ClN2O2S. The maximum absolute atomic E-state index is 11.0. The van der Waals surface area contributed by atoms with E-state index in [4.69, 9.17) is 26.7 Å². The molecule has 0 spiro atoms. The monoisotopic (exact) mass is 292 g/mol. The number of benzene rings is 2. The van der Waals surface area contributed by atoms with Gasteiger partial charge in [-0.05, 0) is 36.4 Å². The third-order valence-electron chi connectivity index (χ3n) is 2.37. The molecule has 0 saturated carbocycles. The van der Waals surface area contributed by atoms with Crippen molar-refractivity contribution < 1.29 is 8.95 Å². The molecule has 0 amide bonds. The normalized spacial score (nSPS) is 11.6. The summed E-state index contributed by atoms with van der Waals surface area (Å²) in [4.78, 5) is 0.499. The molecule has 4 nitrogen and oxygen atoms in total. The Morgan fingerprint density at radius 2 is 1.89 bits per heavy atom. The molecule has 0 aliphatic rings. The minimum atomic E-state index is -1.52. The Morgan fingerprint density at radius 1 is 1.21 bits per heavy atom. The number of rotatable bonds is 3. The van der Waals surface area contributed by atoms with Crippen molar-refractivity contribution in [2.45, 2.75) is 4.90 Å². The van der Waals surface area contributed by atoms with Gasteiger partial charge in [0.1, 0.15) is 34.1 Å². The van der Waals surface area contributed by atoms with E-state index in [1.165, 1.54) is 0 Å².